The smallest absolute Gasteiger partial charge is 0.254 e. The highest BCUT2D eigenvalue weighted by Crippen LogP contribution is 2.19. The minimum atomic E-state index is -0.196. The molecule has 0 unspecified atom stereocenters. The van der Waals surface area contributed by atoms with Gasteiger partial charge in [0.05, 0.1) is 12.7 Å². The molecule has 0 saturated carbocycles. The fraction of sp³-hybridized carbons (Fsp3) is 0.192. The lowest BCUT2D eigenvalue weighted by Gasteiger charge is -2.35. The van der Waals surface area contributed by atoms with E-state index in [2.05, 4.69) is 0 Å². The number of hydrogen-bond acceptors (Lipinski definition) is 4. The summed E-state index contributed by atoms with van der Waals surface area (Å²) in [5.41, 5.74) is 1.87. The first-order chi connectivity index (χ1) is 15.6. The number of carbonyl (C=O) groups excluding carboxylic acids is 3. The first-order valence-corrected chi connectivity index (χ1v) is 10.5. The van der Waals surface area contributed by atoms with E-state index in [0.29, 0.717) is 54.2 Å². The third-order valence-corrected chi connectivity index (χ3v) is 5.61. The third kappa shape index (κ3) is 4.39. The van der Waals surface area contributed by atoms with Gasteiger partial charge in [0.25, 0.3) is 11.8 Å². The molecule has 3 aromatic carbocycles. The van der Waals surface area contributed by atoms with E-state index in [1.165, 1.54) is 0 Å². The van der Waals surface area contributed by atoms with Crippen molar-refractivity contribution in [1.82, 2.24) is 9.80 Å². The second kappa shape index (κ2) is 9.47. The summed E-state index contributed by atoms with van der Waals surface area (Å²) in [7, 11) is 1.56. The molecule has 32 heavy (non-hydrogen) atoms. The Morgan fingerprint density at radius 1 is 0.656 bits per heavy atom. The number of benzene rings is 3. The molecule has 0 atom stereocenters. The summed E-state index contributed by atoms with van der Waals surface area (Å²) in [5, 5.41) is 0. The summed E-state index contributed by atoms with van der Waals surface area (Å²) in [6.07, 6.45) is 0. The predicted octanol–water partition coefficient (Wildman–Crippen LogP) is 3.52. The number of ether oxygens (including phenoxy) is 1. The maximum Gasteiger partial charge on any atom is 0.254 e. The minimum absolute atomic E-state index is 0.0874. The van der Waals surface area contributed by atoms with Gasteiger partial charge >= 0.3 is 0 Å². The Kier molecular flexibility index (Phi) is 6.31. The van der Waals surface area contributed by atoms with Gasteiger partial charge in [0.15, 0.2) is 5.78 Å². The van der Waals surface area contributed by atoms with Gasteiger partial charge in [-0.05, 0) is 24.3 Å². The van der Waals surface area contributed by atoms with Crippen LogP contribution in [0.2, 0.25) is 0 Å². The van der Waals surface area contributed by atoms with E-state index < -0.39 is 0 Å². The highest BCUT2D eigenvalue weighted by molar-refractivity contribution is 6.15. The van der Waals surface area contributed by atoms with Crippen LogP contribution in [0.1, 0.15) is 36.6 Å². The highest BCUT2D eigenvalue weighted by Gasteiger charge is 2.28. The van der Waals surface area contributed by atoms with Gasteiger partial charge in [-0.15, -0.1) is 0 Å². The zero-order valence-corrected chi connectivity index (χ0v) is 17.9. The molecule has 162 valence electrons. The number of amides is 2. The molecule has 6 nitrogen and oxygen atoms in total. The SMILES string of the molecule is COc1cccc(C(=O)N2CCN(C(=O)c3ccccc3C(=O)c3ccccc3)CC2)c1. The van der Waals surface area contributed by atoms with Crippen molar-refractivity contribution >= 4 is 17.6 Å². The van der Waals surface area contributed by atoms with Gasteiger partial charge in [-0.3, -0.25) is 14.4 Å². The largest absolute Gasteiger partial charge is 0.497 e. The molecule has 0 aromatic heterocycles. The third-order valence-electron chi connectivity index (χ3n) is 5.61. The Bertz CT molecular complexity index is 1140. The topological polar surface area (TPSA) is 66.9 Å². The van der Waals surface area contributed by atoms with Crippen LogP contribution in [0.15, 0.2) is 78.9 Å². The highest BCUT2D eigenvalue weighted by atomic mass is 16.5. The maximum atomic E-state index is 13.2. The number of nitrogens with zero attached hydrogens (tertiary/aromatic N) is 2. The Morgan fingerprint density at radius 3 is 1.88 bits per heavy atom. The molecule has 6 heteroatoms. The molecule has 1 aliphatic heterocycles. The van der Waals surface area contributed by atoms with E-state index in [1.807, 2.05) is 6.07 Å². The Balaban J connectivity index is 1.46. The molecule has 3 aromatic rings. The lowest BCUT2D eigenvalue weighted by atomic mass is 9.97. The summed E-state index contributed by atoms with van der Waals surface area (Å²) in [6, 6.07) is 22.9. The molecule has 4 rings (SSSR count). The number of methoxy groups -OCH3 is 1. The average molecular weight is 428 g/mol. The summed E-state index contributed by atoms with van der Waals surface area (Å²) in [6.45, 7) is 1.66. The first-order valence-electron chi connectivity index (χ1n) is 10.5. The molecule has 0 N–H and O–H groups in total. The molecule has 2 amide bonds. The summed E-state index contributed by atoms with van der Waals surface area (Å²) in [4.78, 5) is 42.5. The molecule has 1 heterocycles. The van der Waals surface area contributed by atoms with Crippen molar-refractivity contribution in [2.45, 2.75) is 0 Å². The van der Waals surface area contributed by atoms with Gasteiger partial charge in [0.2, 0.25) is 0 Å². The van der Waals surface area contributed by atoms with Crippen LogP contribution in [0.5, 0.6) is 5.75 Å². The minimum Gasteiger partial charge on any atom is -0.497 e. The Labute approximate surface area is 187 Å². The number of ketones is 1. The van der Waals surface area contributed by atoms with Crippen molar-refractivity contribution in [3.8, 4) is 5.75 Å². The zero-order chi connectivity index (χ0) is 22.5. The lowest BCUT2D eigenvalue weighted by Crippen LogP contribution is -2.50. The van der Waals surface area contributed by atoms with Crippen LogP contribution >= 0.6 is 0 Å². The van der Waals surface area contributed by atoms with E-state index in [-0.39, 0.29) is 17.6 Å². The van der Waals surface area contributed by atoms with Crippen LogP contribution < -0.4 is 4.74 Å². The van der Waals surface area contributed by atoms with Crippen LogP contribution in [0.25, 0.3) is 0 Å². The normalized spacial score (nSPS) is 13.5. The zero-order valence-electron chi connectivity index (χ0n) is 17.9. The fourth-order valence-electron chi connectivity index (χ4n) is 3.83. The number of carbonyl (C=O) groups is 3. The van der Waals surface area contributed by atoms with Crippen molar-refractivity contribution in [3.63, 3.8) is 0 Å². The molecule has 0 radical (unpaired) electrons. The Morgan fingerprint density at radius 2 is 1.22 bits per heavy atom. The number of hydrogen-bond donors (Lipinski definition) is 0. The molecule has 1 fully saturated rings. The van der Waals surface area contributed by atoms with Gasteiger partial charge in [-0.2, -0.15) is 0 Å². The first kappa shape index (κ1) is 21.3. The van der Waals surface area contributed by atoms with Crippen LogP contribution in [0.3, 0.4) is 0 Å². The van der Waals surface area contributed by atoms with Gasteiger partial charge in [0.1, 0.15) is 5.75 Å². The summed E-state index contributed by atoms with van der Waals surface area (Å²) >= 11 is 0. The van der Waals surface area contributed by atoms with Crippen LogP contribution in [-0.2, 0) is 0 Å². The standard InChI is InChI=1S/C26H24N2O4/c1-32-21-11-7-10-20(18-21)25(30)27-14-16-28(17-15-27)26(31)23-13-6-5-12-22(23)24(29)19-8-3-2-4-9-19/h2-13,18H,14-17H2,1H3. The van der Waals surface area contributed by atoms with E-state index in [1.54, 1.807) is 89.7 Å². The van der Waals surface area contributed by atoms with E-state index in [0.717, 1.165) is 0 Å². The second-order valence-corrected chi connectivity index (χ2v) is 7.56. The second-order valence-electron chi connectivity index (χ2n) is 7.56. The molecule has 0 bridgehead atoms. The molecule has 1 aliphatic rings. The van der Waals surface area contributed by atoms with Crippen molar-refractivity contribution in [2.24, 2.45) is 0 Å². The predicted molar refractivity (Wildman–Crippen MR) is 121 cm³/mol. The summed E-state index contributed by atoms with van der Waals surface area (Å²) < 4.78 is 5.20. The molecule has 1 saturated heterocycles. The fourth-order valence-corrected chi connectivity index (χ4v) is 3.83. The average Bonchev–Trinajstić information content (AvgIpc) is 2.88. The van der Waals surface area contributed by atoms with E-state index in [4.69, 9.17) is 4.74 Å². The van der Waals surface area contributed by atoms with Gasteiger partial charge in [-0.1, -0.05) is 54.6 Å². The van der Waals surface area contributed by atoms with Crippen molar-refractivity contribution in [3.05, 3.63) is 101 Å². The molecular weight excluding hydrogens is 404 g/mol. The number of piperazine rings is 1. The Hall–Kier alpha value is -3.93. The monoisotopic (exact) mass is 428 g/mol. The molecular formula is C26H24N2O4. The van der Waals surface area contributed by atoms with Gasteiger partial charge in [0, 0.05) is 42.9 Å². The van der Waals surface area contributed by atoms with Crippen LogP contribution in [0, 0.1) is 0 Å². The van der Waals surface area contributed by atoms with E-state index in [9.17, 15) is 14.4 Å². The van der Waals surface area contributed by atoms with Crippen molar-refractivity contribution < 1.29 is 19.1 Å². The quantitative estimate of drug-likeness (QED) is 0.583. The van der Waals surface area contributed by atoms with Crippen molar-refractivity contribution in [1.29, 1.82) is 0 Å². The number of rotatable bonds is 5. The van der Waals surface area contributed by atoms with E-state index >= 15 is 0 Å². The van der Waals surface area contributed by atoms with Gasteiger partial charge < -0.3 is 14.5 Å². The molecule has 0 spiro atoms. The van der Waals surface area contributed by atoms with Crippen LogP contribution in [-0.4, -0.2) is 60.7 Å². The lowest BCUT2D eigenvalue weighted by molar-refractivity contribution is 0.0534. The maximum absolute atomic E-state index is 13.2. The van der Waals surface area contributed by atoms with Crippen LogP contribution in [0.4, 0.5) is 0 Å². The van der Waals surface area contributed by atoms with Gasteiger partial charge in [-0.25, -0.2) is 0 Å². The molecule has 0 aliphatic carbocycles. The van der Waals surface area contributed by atoms with Crippen molar-refractivity contribution in [2.75, 3.05) is 33.3 Å². The summed E-state index contributed by atoms with van der Waals surface area (Å²) in [5.74, 6) is 0.166.